The molecule has 0 aromatic rings. The van der Waals surface area contributed by atoms with Crippen molar-refractivity contribution < 1.29 is 14.4 Å². The third kappa shape index (κ3) is 2.11. The van der Waals surface area contributed by atoms with Crippen molar-refractivity contribution in [3.63, 3.8) is 0 Å². The van der Waals surface area contributed by atoms with Gasteiger partial charge in [-0.3, -0.25) is 9.59 Å². The highest BCUT2D eigenvalue weighted by Crippen LogP contribution is 2.23. The number of rotatable bonds is 4. The number of likely N-dealkylation sites (N-methyl/N-ethyl adjacent to an activating group) is 1. The van der Waals surface area contributed by atoms with Crippen molar-refractivity contribution in [3.05, 3.63) is 0 Å². The van der Waals surface area contributed by atoms with Crippen LogP contribution in [0, 0.1) is 0 Å². The largest absolute Gasteiger partial charge is 0.357 e. The van der Waals surface area contributed by atoms with Gasteiger partial charge in [0.15, 0.2) is 0 Å². The molecule has 1 fully saturated rings. The van der Waals surface area contributed by atoms with Gasteiger partial charge in [-0.1, -0.05) is 13.8 Å². The lowest BCUT2D eigenvalue weighted by Crippen LogP contribution is -2.50. The predicted molar refractivity (Wildman–Crippen MR) is 62.2 cm³/mol. The highest BCUT2D eigenvalue weighted by atomic mass is 16.2. The lowest BCUT2D eigenvalue weighted by molar-refractivity contribution is -0.138. The Labute approximate surface area is 101 Å². The normalized spacial score (nSPS) is 25.8. The van der Waals surface area contributed by atoms with Crippen LogP contribution in [0.3, 0.4) is 0 Å². The first-order valence-electron chi connectivity index (χ1n) is 5.78. The maximum Gasteiger partial charge on any atom is 0.325 e. The van der Waals surface area contributed by atoms with E-state index in [9.17, 15) is 14.4 Å². The van der Waals surface area contributed by atoms with E-state index in [0.717, 1.165) is 4.90 Å². The van der Waals surface area contributed by atoms with Crippen LogP contribution in [0.2, 0.25) is 0 Å². The van der Waals surface area contributed by atoms with E-state index in [1.165, 1.54) is 7.05 Å². The summed E-state index contributed by atoms with van der Waals surface area (Å²) in [6.45, 7) is 5.26. The minimum absolute atomic E-state index is 0.323. The standard InChI is InChI=1S/C11H19N3O3/c1-5-7(8(15)12-4)14-9(16)11(3,6-2)13-10(14)17/h7H,5-6H2,1-4H3,(H,12,15)(H,13,17). The van der Waals surface area contributed by atoms with Crippen LogP contribution in [0.1, 0.15) is 33.6 Å². The van der Waals surface area contributed by atoms with Gasteiger partial charge in [0, 0.05) is 7.05 Å². The van der Waals surface area contributed by atoms with E-state index >= 15 is 0 Å². The highest BCUT2D eigenvalue weighted by molar-refractivity contribution is 6.09. The van der Waals surface area contributed by atoms with E-state index in [1.54, 1.807) is 13.8 Å². The van der Waals surface area contributed by atoms with Gasteiger partial charge in [0.2, 0.25) is 5.91 Å². The summed E-state index contributed by atoms with van der Waals surface area (Å²) in [5.41, 5.74) is -0.890. The first-order valence-corrected chi connectivity index (χ1v) is 5.78. The molecular formula is C11H19N3O3. The molecule has 0 aromatic heterocycles. The predicted octanol–water partition coefficient (Wildman–Crippen LogP) is 0.231. The zero-order chi connectivity index (χ0) is 13.2. The fraction of sp³-hybridized carbons (Fsp3) is 0.727. The molecule has 0 aliphatic carbocycles. The first kappa shape index (κ1) is 13.5. The molecule has 0 spiro atoms. The highest BCUT2D eigenvalue weighted by Gasteiger charge is 2.50. The first-order chi connectivity index (χ1) is 7.91. The van der Waals surface area contributed by atoms with Crippen molar-refractivity contribution in [3.8, 4) is 0 Å². The third-order valence-corrected chi connectivity index (χ3v) is 3.25. The Morgan fingerprint density at radius 3 is 2.41 bits per heavy atom. The summed E-state index contributed by atoms with van der Waals surface area (Å²) in [5.74, 6) is -0.656. The molecule has 1 rings (SSSR count). The van der Waals surface area contributed by atoms with Crippen LogP contribution in [0.5, 0.6) is 0 Å². The Balaban J connectivity index is 3.02. The number of hydrogen-bond donors (Lipinski definition) is 2. The lowest BCUT2D eigenvalue weighted by atomic mass is 9.98. The summed E-state index contributed by atoms with van der Waals surface area (Å²) in [6, 6.07) is -1.23. The van der Waals surface area contributed by atoms with Crippen LogP contribution in [0.4, 0.5) is 4.79 Å². The van der Waals surface area contributed by atoms with E-state index in [0.29, 0.717) is 12.8 Å². The number of hydrogen-bond acceptors (Lipinski definition) is 3. The van der Waals surface area contributed by atoms with Crippen LogP contribution >= 0.6 is 0 Å². The number of carbonyl (C=O) groups excluding carboxylic acids is 3. The molecule has 4 amide bonds. The fourth-order valence-electron chi connectivity index (χ4n) is 1.88. The van der Waals surface area contributed by atoms with Gasteiger partial charge in [0.05, 0.1) is 0 Å². The number of imide groups is 1. The second kappa shape index (κ2) is 4.73. The summed E-state index contributed by atoms with van der Waals surface area (Å²) < 4.78 is 0. The van der Waals surface area contributed by atoms with Crippen LogP contribution in [0.15, 0.2) is 0 Å². The molecule has 96 valence electrons. The molecule has 6 nitrogen and oxygen atoms in total. The van der Waals surface area contributed by atoms with Gasteiger partial charge in [-0.25, -0.2) is 9.69 Å². The van der Waals surface area contributed by atoms with Crippen molar-refractivity contribution in [2.24, 2.45) is 0 Å². The van der Waals surface area contributed by atoms with Crippen molar-refractivity contribution in [2.45, 2.75) is 45.2 Å². The quantitative estimate of drug-likeness (QED) is 0.692. The Morgan fingerprint density at radius 2 is 2.06 bits per heavy atom. The van der Waals surface area contributed by atoms with E-state index < -0.39 is 17.6 Å². The third-order valence-electron chi connectivity index (χ3n) is 3.25. The summed E-state index contributed by atoms with van der Waals surface area (Å²) in [6.07, 6.45) is 0.900. The molecule has 6 heteroatoms. The number of nitrogens with one attached hydrogen (secondary N) is 2. The molecule has 2 N–H and O–H groups in total. The van der Waals surface area contributed by atoms with Gasteiger partial charge in [-0.05, 0) is 19.8 Å². The van der Waals surface area contributed by atoms with Crippen molar-refractivity contribution >= 4 is 17.8 Å². The number of nitrogens with zero attached hydrogens (tertiary/aromatic N) is 1. The number of carbonyl (C=O) groups is 3. The van der Waals surface area contributed by atoms with Gasteiger partial charge in [-0.15, -0.1) is 0 Å². The van der Waals surface area contributed by atoms with Crippen LogP contribution < -0.4 is 10.6 Å². The monoisotopic (exact) mass is 241 g/mol. The molecule has 0 bridgehead atoms. The lowest BCUT2D eigenvalue weighted by Gasteiger charge is -2.24. The number of amides is 4. The van der Waals surface area contributed by atoms with E-state index in [-0.39, 0.29) is 11.8 Å². The molecule has 2 atom stereocenters. The van der Waals surface area contributed by atoms with E-state index in [2.05, 4.69) is 10.6 Å². The summed E-state index contributed by atoms with van der Waals surface area (Å²) in [4.78, 5) is 36.6. The summed E-state index contributed by atoms with van der Waals surface area (Å²) >= 11 is 0. The average molecular weight is 241 g/mol. The molecule has 0 aromatic carbocycles. The van der Waals surface area contributed by atoms with Crippen molar-refractivity contribution in [2.75, 3.05) is 7.05 Å². The topological polar surface area (TPSA) is 78.5 Å². The average Bonchev–Trinajstić information content (AvgIpc) is 2.54. The molecule has 17 heavy (non-hydrogen) atoms. The second-order valence-electron chi connectivity index (χ2n) is 4.33. The Kier molecular flexibility index (Phi) is 3.75. The van der Waals surface area contributed by atoms with Crippen LogP contribution in [-0.4, -0.2) is 41.4 Å². The van der Waals surface area contributed by atoms with Crippen LogP contribution in [0.25, 0.3) is 0 Å². The molecule has 2 unspecified atom stereocenters. The molecule has 1 saturated heterocycles. The summed E-state index contributed by atoms with van der Waals surface area (Å²) in [7, 11) is 1.49. The van der Waals surface area contributed by atoms with Gasteiger partial charge in [0.1, 0.15) is 11.6 Å². The van der Waals surface area contributed by atoms with Crippen molar-refractivity contribution in [1.29, 1.82) is 0 Å². The minimum atomic E-state index is -0.890. The SMILES string of the molecule is CCC(C(=O)NC)N1C(=O)NC(C)(CC)C1=O. The molecular weight excluding hydrogens is 222 g/mol. The molecule has 1 aliphatic rings. The second-order valence-corrected chi connectivity index (χ2v) is 4.33. The zero-order valence-electron chi connectivity index (χ0n) is 10.7. The Morgan fingerprint density at radius 1 is 1.47 bits per heavy atom. The number of urea groups is 1. The van der Waals surface area contributed by atoms with Gasteiger partial charge in [0.25, 0.3) is 5.91 Å². The van der Waals surface area contributed by atoms with Crippen LogP contribution in [-0.2, 0) is 9.59 Å². The Bertz CT molecular complexity index is 356. The smallest absolute Gasteiger partial charge is 0.325 e. The minimum Gasteiger partial charge on any atom is -0.357 e. The Hall–Kier alpha value is -1.59. The maximum atomic E-state index is 12.2. The molecule has 0 radical (unpaired) electrons. The van der Waals surface area contributed by atoms with E-state index in [4.69, 9.17) is 0 Å². The van der Waals surface area contributed by atoms with E-state index in [1.807, 2.05) is 6.92 Å². The fourth-order valence-corrected chi connectivity index (χ4v) is 1.88. The van der Waals surface area contributed by atoms with Gasteiger partial charge in [-0.2, -0.15) is 0 Å². The molecule has 1 heterocycles. The molecule has 1 aliphatic heterocycles. The zero-order valence-corrected chi connectivity index (χ0v) is 10.7. The van der Waals surface area contributed by atoms with Gasteiger partial charge < -0.3 is 10.6 Å². The van der Waals surface area contributed by atoms with Gasteiger partial charge >= 0.3 is 6.03 Å². The van der Waals surface area contributed by atoms with Crippen molar-refractivity contribution in [1.82, 2.24) is 15.5 Å². The summed E-state index contributed by atoms with van der Waals surface area (Å²) in [5, 5.41) is 5.10. The maximum absolute atomic E-state index is 12.2. The molecule has 0 saturated carbocycles.